The Bertz CT molecular complexity index is 1750. The van der Waals surface area contributed by atoms with Crippen molar-refractivity contribution in [2.75, 3.05) is 7.11 Å². The van der Waals surface area contributed by atoms with Gasteiger partial charge in [-0.05, 0) is 35.4 Å². The van der Waals surface area contributed by atoms with E-state index in [1.807, 2.05) is 60.7 Å². The molecule has 0 amide bonds. The van der Waals surface area contributed by atoms with Crippen molar-refractivity contribution >= 4 is 16.6 Å². The highest BCUT2D eigenvalue weighted by Crippen LogP contribution is 2.39. The Morgan fingerprint density at radius 3 is 2.00 bits per heavy atom. The molecule has 39 heavy (non-hydrogen) atoms. The molecule has 0 saturated carbocycles. The van der Waals surface area contributed by atoms with Gasteiger partial charge in [0.1, 0.15) is 29.9 Å². The van der Waals surface area contributed by atoms with Crippen molar-refractivity contribution in [3.63, 3.8) is 0 Å². The number of ether oxygens (including phenoxy) is 3. The van der Waals surface area contributed by atoms with E-state index < -0.39 is 21.9 Å². The standard InChI is InChI=1S/C29H23N3O7/c1-37-27-24(39-18-20-10-6-3-7-11-20)16-23(32(35)36)25-26(27)30-29(34)31(28(25)33)21-12-14-22(15-13-21)38-17-19-8-4-2-5-9-19/h2-16H,17-18H2,1H3,(H,30,34). The molecule has 0 bridgehead atoms. The average Bonchev–Trinajstić information content (AvgIpc) is 2.96. The van der Waals surface area contributed by atoms with Gasteiger partial charge in [-0.15, -0.1) is 0 Å². The summed E-state index contributed by atoms with van der Waals surface area (Å²) in [6.45, 7) is 0.442. The lowest BCUT2D eigenvalue weighted by Gasteiger charge is -2.14. The lowest BCUT2D eigenvalue weighted by atomic mass is 10.1. The molecular formula is C29H23N3O7. The maximum atomic E-state index is 13.5. The third-order valence-electron chi connectivity index (χ3n) is 6.06. The van der Waals surface area contributed by atoms with Crippen LogP contribution in [0.15, 0.2) is 101 Å². The molecule has 5 rings (SSSR count). The largest absolute Gasteiger partial charge is 0.491 e. The van der Waals surface area contributed by atoms with E-state index in [-0.39, 0.29) is 34.7 Å². The number of nitro groups is 1. The highest BCUT2D eigenvalue weighted by molar-refractivity contribution is 5.94. The second-order valence-corrected chi connectivity index (χ2v) is 8.55. The number of non-ortho nitro benzene ring substituents is 1. The van der Waals surface area contributed by atoms with Crippen molar-refractivity contribution in [1.29, 1.82) is 0 Å². The van der Waals surface area contributed by atoms with Gasteiger partial charge in [0.05, 0.1) is 23.8 Å². The Morgan fingerprint density at radius 1 is 0.846 bits per heavy atom. The van der Waals surface area contributed by atoms with Crippen molar-refractivity contribution in [2.45, 2.75) is 13.2 Å². The maximum Gasteiger partial charge on any atom is 0.333 e. The van der Waals surface area contributed by atoms with Gasteiger partial charge < -0.3 is 19.2 Å². The summed E-state index contributed by atoms with van der Waals surface area (Å²) in [6, 6.07) is 26.2. The van der Waals surface area contributed by atoms with Gasteiger partial charge in [-0.1, -0.05) is 60.7 Å². The fourth-order valence-electron chi connectivity index (χ4n) is 4.19. The third kappa shape index (κ3) is 5.21. The minimum atomic E-state index is -0.869. The Hall–Kier alpha value is -5.38. The second kappa shape index (κ2) is 10.9. The topological polar surface area (TPSA) is 126 Å². The molecule has 0 aliphatic carbocycles. The number of hydrogen-bond acceptors (Lipinski definition) is 7. The lowest BCUT2D eigenvalue weighted by molar-refractivity contribution is -0.383. The molecule has 4 aromatic carbocycles. The molecule has 1 N–H and O–H groups in total. The second-order valence-electron chi connectivity index (χ2n) is 8.55. The van der Waals surface area contributed by atoms with Crippen LogP contribution in [0.2, 0.25) is 0 Å². The highest BCUT2D eigenvalue weighted by Gasteiger charge is 2.26. The molecule has 10 nitrogen and oxygen atoms in total. The molecular weight excluding hydrogens is 502 g/mol. The number of nitrogens with zero attached hydrogens (tertiary/aromatic N) is 2. The van der Waals surface area contributed by atoms with E-state index in [0.717, 1.165) is 21.8 Å². The molecule has 0 atom stereocenters. The Morgan fingerprint density at radius 2 is 1.44 bits per heavy atom. The van der Waals surface area contributed by atoms with Gasteiger partial charge in [-0.2, -0.15) is 0 Å². The minimum Gasteiger partial charge on any atom is -0.491 e. The van der Waals surface area contributed by atoms with Gasteiger partial charge in [0.15, 0.2) is 11.5 Å². The van der Waals surface area contributed by atoms with E-state index in [0.29, 0.717) is 12.4 Å². The molecule has 0 unspecified atom stereocenters. The van der Waals surface area contributed by atoms with Crippen LogP contribution in [-0.2, 0) is 13.2 Å². The number of nitro benzene ring substituents is 1. The van der Waals surface area contributed by atoms with E-state index in [9.17, 15) is 19.7 Å². The zero-order valence-electron chi connectivity index (χ0n) is 20.8. The molecule has 0 fully saturated rings. The first kappa shape index (κ1) is 25.3. The van der Waals surface area contributed by atoms with E-state index in [2.05, 4.69) is 4.98 Å². The summed E-state index contributed by atoms with van der Waals surface area (Å²) in [5.74, 6) is 0.562. The first-order chi connectivity index (χ1) is 19.0. The van der Waals surface area contributed by atoms with Crippen molar-refractivity contribution in [3.05, 3.63) is 133 Å². The van der Waals surface area contributed by atoms with Gasteiger partial charge in [0.2, 0.25) is 0 Å². The molecule has 0 radical (unpaired) electrons. The zero-order chi connectivity index (χ0) is 27.4. The number of fused-ring (bicyclic) bond motifs is 1. The smallest absolute Gasteiger partial charge is 0.333 e. The number of nitrogens with one attached hydrogen (secondary N) is 1. The van der Waals surface area contributed by atoms with Crippen LogP contribution < -0.4 is 25.5 Å². The summed E-state index contributed by atoms with van der Waals surface area (Å²) in [7, 11) is 1.33. The molecule has 5 aromatic rings. The van der Waals surface area contributed by atoms with E-state index in [4.69, 9.17) is 14.2 Å². The Labute approximate surface area is 221 Å². The molecule has 0 aliphatic heterocycles. The first-order valence-corrected chi connectivity index (χ1v) is 11.9. The van der Waals surface area contributed by atoms with Crippen LogP contribution >= 0.6 is 0 Å². The number of aromatic amines is 1. The van der Waals surface area contributed by atoms with Crippen LogP contribution in [0.25, 0.3) is 16.6 Å². The van der Waals surface area contributed by atoms with Crippen molar-refractivity contribution in [3.8, 4) is 22.9 Å². The Kier molecular flexibility index (Phi) is 7.09. The van der Waals surface area contributed by atoms with Crippen LogP contribution in [0.4, 0.5) is 5.69 Å². The zero-order valence-corrected chi connectivity index (χ0v) is 20.8. The average molecular weight is 526 g/mol. The molecule has 1 aromatic heterocycles. The predicted octanol–water partition coefficient (Wildman–Crippen LogP) is 4.75. The quantitative estimate of drug-likeness (QED) is 0.217. The van der Waals surface area contributed by atoms with Gasteiger partial charge in [0, 0.05) is 0 Å². The van der Waals surface area contributed by atoms with Crippen LogP contribution in [0.5, 0.6) is 17.2 Å². The predicted molar refractivity (Wildman–Crippen MR) is 145 cm³/mol. The summed E-state index contributed by atoms with van der Waals surface area (Å²) < 4.78 is 17.8. The molecule has 10 heteroatoms. The molecule has 196 valence electrons. The van der Waals surface area contributed by atoms with Gasteiger partial charge >= 0.3 is 5.69 Å². The molecule has 0 saturated heterocycles. The highest BCUT2D eigenvalue weighted by atomic mass is 16.6. The van der Waals surface area contributed by atoms with E-state index >= 15 is 0 Å². The summed E-state index contributed by atoms with van der Waals surface area (Å²) in [5.41, 5.74) is -0.285. The number of aromatic nitrogens is 2. The van der Waals surface area contributed by atoms with Crippen LogP contribution in [0, 0.1) is 10.1 Å². The summed E-state index contributed by atoms with van der Waals surface area (Å²) >= 11 is 0. The van der Waals surface area contributed by atoms with Crippen molar-refractivity contribution in [1.82, 2.24) is 9.55 Å². The fourth-order valence-corrected chi connectivity index (χ4v) is 4.19. The fraction of sp³-hybridized carbons (Fsp3) is 0.103. The van der Waals surface area contributed by atoms with Crippen LogP contribution in [0.3, 0.4) is 0 Å². The van der Waals surface area contributed by atoms with E-state index in [1.165, 1.54) is 19.2 Å². The lowest BCUT2D eigenvalue weighted by Crippen LogP contribution is -2.34. The number of methoxy groups -OCH3 is 1. The van der Waals surface area contributed by atoms with E-state index in [1.54, 1.807) is 12.1 Å². The summed E-state index contributed by atoms with van der Waals surface area (Å²) in [5, 5.41) is 11.7. The monoisotopic (exact) mass is 525 g/mol. The molecule has 0 spiro atoms. The van der Waals surface area contributed by atoms with Gasteiger partial charge in [-0.25, -0.2) is 9.36 Å². The minimum absolute atomic E-state index is 0.0116. The molecule has 0 aliphatic rings. The van der Waals surface area contributed by atoms with Crippen LogP contribution in [-0.4, -0.2) is 21.6 Å². The summed E-state index contributed by atoms with van der Waals surface area (Å²) in [6.07, 6.45) is 0. The summed E-state index contributed by atoms with van der Waals surface area (Å²) in [4.78, 5) is 40.5. The number of rotatable bonds is 9. The SMILES string of the molecule is COc1c(OCc2ccccc2)cc([N+](=O)[O-])c2c(=O)n(-c3ccc(OCc4ccccc4)cc3)c(=O)[nH]c12. The normalized spacial score (nSPS) is 10.8. The number of hydrogen-bond donors (Lipinski definition) is 1. The third-order valence-corrected chi connectivity index (χ3v) is 6.06. The van der Waals surface area contributed by atoms with Crippen molar-refractivity contribution < 1.29 is 19.1 Å². The number of benzene rings is 4. The maximum absolute atomic E-state index is 13.5. The number of H-pyrrole nitrogens is 1. The molecule has 1 heterocycles. The Balaban J connectivity index is 1.54. The first-order valence-electron chi connectivity index (χ1n) is 11.9. The van der Waals surface area contributed by atoms with Gasteiger partial charge in [0.25, 0.3) is 11.2 Å². The van der Waals surface area contributed by atoms with Gasteiger partial charge in [-0.3, -0.25) is 14.9 Å². The van der Waals surface area contributed by atoms with Crippen molar-refractivity contribution in [2.24, 2.45) is 0 Å². The van der Waals surface area contributed by atoms with Crippen LogP contribution in [0.1, 0.15) is 11.1 Å².